The molecule has 0 bridgehead atoms. The van der Waals surface area contributed by atoms with Gasteiger partial charge in [-0.2, -0.15) is 10.2 Å². The highest BCUT2D eigenvalue weighted by atomic mass is 16.3. The van der Waals surface area contributed by atoms with Crippen molar-refractivity contribution in [2.45, 2.75) is 57.1 Å². The zero-order valence-electron chi connectivity index (χ0n) is 18.7. The topological polar surface area (TPSA) is 118 Å². The molecule has 3 aromatic rings. The highest BCUT2D eigenvalue weighted by Gasteiger charge is 2.43. The van der Waals surface area contributed by atoms with E-state index < -0.39 is 5.60 Å². The van der Waals surface area contributed by atoms with E-state index in [9.17, 15) is 9.90 Å². The minimum atomic E-state index is -0.604. The molecule has 3 aromatic heterocycles. The number of nitrogens with zero attached hydrogens (tertiary/aromatic N) is 5. The van der Waals surface area contributed by atoms with Crippen molar-refractivity contribution in [1.82, 2.24) is 24.5 Å². The minimum Gasteiger partial charge on any atom is -0.390 e. The number of hydrogen-bond donors (Lipinski definition) is 3. The van der Waals surface area contributed by atoms with Crippen molar-refractivity contribution in [2.24, 2.45) is 18.9 Å². The third-order valence-electron chi connectivity index (χ3n) is 7.61. The highest BCUT2D eigenvalue weighted by Crippen LogP contribution is 2.52. The van der Waals surface area contributed by atoms with Gasteiger partial charge in [-0.1, -0.05) is 0 Å². The van der Waals surface area contributed by atoms with Crippen LogP contribution < -0.4 is 16.2 Å². The zero-order chi connectivity index (χ0) is 22.2. The fourth-order valence-electron chi connectivity index (χ4n) is 5.39. The molecule has 170 valence electrons. The van der Waals surface area contributed by atoms with Crippen molar-refractivity contribution in [3.8, 4) is 11.3 Å². The molecule has 2 aliphatic carbocycles. The summed E-state index contributed by atoms with van der Waals surface area (Å²) < 4.78 is 3.82. The summed E-state index contributed by atoms with van der Waals surface area (Å²) in [7, 11) is 1.94. The molecule has 4 N–H and O–H groups in total. The second-order valence-electron chi connectivity index (χ2n) is 10.3. The number of hydrogen-bond acceptors (Lipinski definition) is 6. The molecule has 0 unspecified atom stereocenters. The lowest BCUT2D eigenvalue weighted by molar-refractivity contribution is 0.0349. The molecule has 0 amide bonds. The van der Waals surface area contributed by atoms with Gasteiger partial charge in [-0.3, -0.25) is 14.6 Å². The standard InChI is InChI=1S/C23H31N7O2/c1-23(32)7-9-29(10-8-23)17-11-16(27-28(17)2)15-12-30(20(13-3-4-13)14-5-6-14)22(31)18-19(15)25-26-21(18)24/h11-14,20,32H,3-10H2,1-2H3,(H3,24,25,26). The van der Waals surface area contributed by atoms with Gasteiger partial charge in [0.1, 0.15) is 11.2 Å². The highest BCUT2D eigenvalue weighted by molar-refractivity contribution is 5.97. The van der Waals surface area contributed by atoms with Gasteiger partial charge in [0.05, 0.1) is 16.8 Å². The molecule has 1 aliphatic heterocycles. The van der Waals surface area contributed by atoms with Gasteiger partial charge >= 0.3 is 0 Å². The molecule has 2 saturated carbocycles. The molecule has 3 fully saturated rings. The summed E-state index contributed by atoms with van der Waals surface area (Å²) >= 11 is 0. The second kappa shape index (κ2) is 6.84. The minimum absolute atomic E-state index is 0.0479. The van der Waals surface area contributed by atoms with Gasteiger partial charge in [0.2, 0.25) is 0 Å². The monoisotopic (exact) mass is 437 g/mol. The Morgan fingerprint density at radius 1 is 1.22 bits per heavy atom. The van der Waals surface area contributed by atoms with E-state index in [1.165, 1.54) is 25.7 Å². The Bertz CT molecular complexity index is 1220. The summed E-state index contributed by atoms with van der Waals surface area (Å²) in [5, 5.41) is 22.7. The SMILES string of the molecule is Cn1nc(-c2cn(C(C3CC3)C3CC3)c(=O)c3c(N)n[nH]c23)cc1N1CCC(C)(O)CC1. The Morgan fingerprint density at radius 3 is 2.50 bits per heavy atom. The number of rotatable bonds is 5. The van der Waals surface area contributed by atoms with E-state index in [2.05, 4.69) is 21.2 Å². The number of pyridine rings is 1. The van der Waals surface area contributed by atoms with Crippen LogP contribution in [0.5, 0.6) is 0 Å². The normalized spacial score (nSPS) is 21.1. The van der Waals surface area contributed by atoms with E-state index in [0.29, 0.717) is 22.7 Å². The van der Waals surface area contributed by atoms with Gasteiger partial charge in [-0.25, -0.2) is 0 Å². The average molecular weight is 438 g/mol. The van der Waals surface area contributed by atoms with Crippen LogP contribution in [0, 0.1) is 11.8 Å². The maximum Gasteiger partial charge on any atom is 0.264 e. The summed E-state index contributed by atoms with van der Waals surface area (Å²) in [6, 6.07) is 2.32. The van der Waals surface area contributed by atoms with E-state index in [0.717, 1.165) is 43.0 Å². The molecule has 0 aromatic carbocycles. The van der Waals surface area contributed by atoms with Crippen LogP contribution >= 0.6 is 0 Å². The van der Waals surface area contributed by atoms with Crippen LogP contribution in [0.4, 0.5) is 11.6 Å². The van der Waals surface area contributed by atoms with E-state index >= 15 is 0 Å². The predicted octanol–water partition coefficient (Wildman–Crippen LogP) is 2.42. The second-order valence-corrected chi connectivity index (χ2v) is 10.3. The Balaban J connectivity index is 1.46. The Hall–Kier alpha value is -2.81. The Kier molecular flexibility index (Phi) is 4.24. The molecular weight excluding hydrogens is 406 g/mol. The molecule has 0 atom stereocenters. The maximum absolute atomic E-state index is 13.4. The summed E-state index contributed by atoms with van der Waals surface area (Å²) in [4.78, 5) is 15.7. The van der Waals surface area contributed by atoms with Crippen molar-refractivity contribution >= 4 is 22.5 Å². The van der Waals surface area contributed by atoms with E-state index in [1.54, 1.807) is 0 Å². The quantitative estimate of drug-likeness (QED) is 0.564. The Morgan fingerprint density at radius 2 is 1.88 bits per heavy atom. The van der Waals surface area contributed by atoms with Crippen molar-refractivity contribution < 1.29 is 5.11 Å². The maximum atomic E-state index is 13.4. The van der Waals surface area contributed by atoms with Gasteiger partial charge in [0.25, 0.3) is 5.56 Å². The molecule has 3 aliphatic rings. The number of aliphatic hydroxyl groups is 1. The first-order chi connectivity index (χ1) is 15.3. The lowest BCUT2D eigenvalue weighted by Crippen LogP contribution is -2.43. The number of H-pyrrole nitrogens is 1. The molecule has 9 heteroatoms. The number of piperidine rings is 1. The van der Waals surface area contributed by atoms with Crippen LogP contribution in [0.3, 0.4) is 0 Å². The first kappa shape index (κ1) is 19.8. The third-order valence-corrected chi connectivity index (χ3v) is 7.61. The van der Waals surface area contributed by atoms with Gasteiger partial charge in [0, 0.05) is 44.0 Å². The molecule has 6 rings (SSSR count). The van der Waals surface area contributed by atoms with Crippen LogP contribution in [0.2, 0.25) is 0 Å². The molecule has 0 radical (unpaired) electrons. The van der Waals surface area contributed by atoms with Crippen molar-refractivity contribution in [2.75, 3.05) is 23.7 Å². The van der Waals surface area contributed by atoms with Gasteiger partial charge in [-0.05, 0) is 57.3 Å². The van der Waals surface area contributed by atoms with E-state index in [4.69, 9.17) is 10.8 Å². The Labute approximate surface area is 186 Å². The molecule has 9 nitrogen and oxygen atoms in total. The smallest absolute Gasteiger partial charge is 0.264 e. The predicted molar refractivity (Wildman–Crippen MR) is 124 cm³/mol. The van der Waals surface area contributed by atoms with Gasteiger partial charge in [-0.15, -0.1) is 0 Å². The van der Waals surface area contributed by atoms with Crippen molar-refractivity contribution in [3.63, 3.8) is 0 Å². The molecule has 32 heavy (non-hydrogen) atoms. The van der Waals surface area contributed by atoms with Crippen LogP contribution in [0.15, 0.2) is 17.1 Å². The third kappa shape index (κ3) is 3.21. The molecule has 0 spiro atoms. The summed E-state index contributed by atoms with van der Waals surface area (Å²) in [5.74, 6) is 2.42. The van der Waals surface area contributed by atoms with Crippen molar-refractivity contribution in [3.05, 3.63) is 22.6 Å². The number of nitrogens with one attached hydrogen (secondary N) is 1. The average Bonchev–Trinajstić information content (AvgIpc) is 3.68. The molecule has 1 saturated heterocycles. The fraction of sp³-hybridized carbons (Fsp3) is 0.609. The van der Waals surface area contributed by atoms with Crippen LogP contribution in [-0.4, -0.2) is 48.3 Å². The number of nitrogen functional groups attached to an aromatic ring is 1. The zero-order valence-corrected chi connectivity index (χ0v) is 18.7. The number of aromatic amines is 1. The number of aromatic nitrogens is 5. The van der Waals surface area contributed by atoms with Gasteiger partial charge < -0.3 is 20.3 Å². The first-order valence-electron chi connectivity index (χ1n) is 11.7. The molecule has 4 heterocycles. The van der Waals surface area contributed by atoms with Crippen molar-refractivity contribution in [1.29, 1.82) is 0 Å². The number of anilines is 2. The van der Waals surface area contributed by atoms with E-state index in [1.807, 2.05) is 29.4 Å². The van der Waals surface area contributed by atoms with Crippen LogP contribution in [-0.2, 0) is 7.05 Å². The van der Waals surface area contributed by atoms with E-state index in [-0.39, 0.29) is 17.4 Å². The van der Waals surface area contributed by atoms with Crippen LogP contribution in [0.25, 0.3) is 22.2 Å². The lowest BCUT2D eigenvalue weighted by atomic mass is 9.94. The number of nitrogens with two attached hydrogens (primary N) is 1. The summed E-state index contributed by atoms with van der Waals surface area (Å²) in [6.07, 6.45) is 8.19. The summed E-state index contributed by atoms with van der Waals surface area (Å²) in [5.41, 5.74) is 7.80. The van der Waals surface area contributed by atoms with Gasteiger partial charge in [0.15, 0.2) is 5.82 Å². The number of aryl methyl sites for hydroxylation is 1. The lowest BCUT2D eigenvalue weighted by Gasteiger charge is -2.36. The number of fused-ring (bicyclic) bond motifs is 1. The largest absolute Gasteiger partial charge is 0.390 e. The first-order valence-corrected chi connectivity index (χ1v) is 11.7. The fourth-order valence-corrected chi connectivity index (χ4v) is 5.39. The molecular formula is C23H31N7O2. The van der Waals surface area contributed by atoms with Crippen LogP contribution in [0.1, 0.15) is 51.5 Å². The summed E-state index contributed by atoms with van der Waals surface area (Å²) in [6.45, 7) is 3.46.